The zero-order valence-corrected chi connectivity index (χ0v) is 29.1. The van der Waals surface area contributed by atoms with Crippen molar-refractivity contribution in [1.29, 1.82) is 0 Å². The molecule has 0 N–H and O–H groups in total. The summed E-state index contributed by atoms with van der Waals surface area (Å²) in [6, 6.07) is 35.4. The first kappa shape index (κ1) is 32.5. The van der Waals surface area contributed by atoms with Gasteiger partial charge >= 0.3 is 264 Å². The molecule has 0 heterocycles. The van der Waals surface area contributed by atoms with E-state index in [4.69, 9.17) is 6.15 Å². The zero-order chi connectivity index (χ0) is 31.0. The molecule has 43 heavy (non-hydrogen) atoms. The third-order valence-electron chi connectivity index (χ3n) is 7.75. The SMILES string of the molecule is CC(C)Cc1ccc(C(C)C(=O)[O][Sn]([O]C(=O)C(C)c2ccc(CC(C)C)cc2)([c]2ccccc2)[c]2ccccc2)cc1. The Balaban J connectivity index is 1.69. The van der Waals surface area contributed by atoms with E-state index in [9.17, 15) is 9.59 Å². The van der Waals surface area contributed by atoms with Gasteiger partial charge in [-0.05, 0) is 0 Å². The van der Waals surface area contributed by atoms with Gasteiger partial charge in [-0.2, -0.15) is 0 Å². The third-order valence-corrected chi connectivity index (χ3v) is 16.8. The van der Waals surface area contributed by atoms with E-state index in [1.54, 1.807) is 0 Å². The van der Waals surface area contributed by atoms with Crippen LogP contribution in [0, 0.1) is 11.8 Å². The Morgan fingerprint density at radius 2 is 0.837 bits per heavy atom. The Morgan fingerprint density at radius 1 is 0.512 bits per heavy atom. The monoisotopic (exact) mass is 684 g/mol. The second kappa shape index (κ2) is 14.9. The molecule has 0 spiro atoms. The minimum atomic E-state index is -4.88. The maximum atomic E-state index is 14.0. The molecule has 224 valence electrons. The molecule has 0 amide bonds. The fraction of sp³-hybridized carbons (Fsp3) is 0.316. The van der Waals surface area contributed by atoms with Gasteiger partial charge in [0.1, 0.15) is 0 Å². The van der Waals surface area contributed by atoms with Crippen LogP contribution in [0.2, 0.25) is 0 Å². The average molecular weight is 683 g/mol. The van der Waals surface area contributed by atoms with Crippen LogP contribution >= 0.6 is 0 Å². The van der Waals surface area contributed by atoms with Crippen molar-refractivity contribution in [3.63, 3.8) is 0 Å². The summed E-state index contributed by atoms with van der Waals surface area (Å²) < 4.78 is 14.7. The van der Waals surface area contributed by atoms with Crippen LogP contribution < -0.4 is 7.16 Å². The van der Waals surface area contributed by atoms with Crippen molar-refractivity contribution < 1.29 is 15.7 Å². The fourth-order valence-electron chi connectivity index (χ4n) is 5.30. The molecule has 0 saturated heterocycles. The molecule has 0 fully saturated rings. The molecule has 2 atom stereocenters. The van der Waals surface area contributed by atoms with Crippen LogP contribution in [0.3, 0.4) is 0 Å². The van der Waals surface area contributed by atoms with Crippen molar-refractivity contribution in [3.05, 3.63) is 131 Å². The zero-order valence-electron chi connectivity index (χ0n) is 26.2. The van der Waals surface area contributed by atoms with Crippen LogP contribution in [0.15, 0.2) is 109 Å². The van der Waals surface area contributed by atoms with Crippen LogP contribution in [-0.2, 0) is 28.6 Å². The van der Waals surface area contributed by atoms with Gasteiger partial charge < -0.3 is 0 Å². The molecule has 2 unspecified atom stereocenters. The normalized spacial score (nSPS) is 13.0. The summed E-state index contributed by atoms with van der Waals surface area (Å²) in [7, 11) is 0. The molecule has 0 bridgehead atoms. The molecule has 0 aliphatic rings. The second-order valence-corrected chi connectivity index (χ2v) is 20.3. The Labute approximate surface area is 262 Å². The number of hydrogen-bond donors (Lipinski definition) is 0. The van der Waals surface area contributed by atoms with Crippen molar-refractivity contribution >= 4 is 38.3 Å². The first-order valence-electron chi connectivity index (χ1n) is 15.3. The molecule has 0 aromatic heterocycles. The number of rotatable bonds is 12. The first-order valence-corrected chi connectivity index (χ1v) is 20.5. The summed E-state index contributed by atoms with van der Waals surface area (Å²) in [5.74, 6) is -0.732. The molecule has 0 radical (unpaired) electrons. The van der Waals surface area contributed by atoms with E-state index in [1.807, 2.05) is 98.8 Å². The summed E-state index contributed by atoms with van der Waals surface area (Å²) in [6.07, 6.45) is 1.96. The van der Waals surface area contributed by atoms with Crippen LogP contribution in [0.1, 0.15) is 75.6 Å². The topological polar surface area (TPSA) is 52.6 Å². The number of hydrogen-bond acceptors (Lipinski definition) is 4. The van der Waals surface area contributed by atoms with Gasteiger partial charge in [0.15, 0.2) is 0 Å². The van der Waals surface area contributed by atoms with Gasteiger partial charge in [-0.25, -0.2) is 0 Å². The van der Waals surface area contributed by atoms with Crippen LogP contribution in [0.25, 0.3) is 0 Å². The molecule has 4 nitrogen and oxygen atoms in total. The Morgan fingerprint density at radius 3 is 1.14 bits per heavy atom. The van der Waals surface area contributed by atoms with E-state index in [1.165, 1.54) is 11.1 Å². The van der Waals surface area contributed by atoms with Gasteiger partial charge in [0, 0.05) is 0 Å². The van der Waals surface area contributed by atoms with Crippen molar-refractivity contribution in [3.8, 4) is 0 Å². The van der Waals surface area contributed by atoms with Gasteiger partial charge in [0.25, 0.3) is 0 Å². The van der Waals surface area contributed by atoms with E-state index in [2.05, 4.69) is 52.0 Å². The van der Waals surface area contributed by atoms with Gasteiger partial charge in [-0.1, -0.05) is 0 Å². The van der Waals surface area contributed by atoms with Gasteiger partial charge in [0.2, 0.25) is 0 Å². The Bertz CT molecular complexity index is 1350. The number of carbonyl (C=O) groups is 2. The number of benzene rings is 4. The van der Waals surface area contributed by atoms with E-state index in [-0.39, 0.29) is 0 Å². The minimum absolute atomic E-state index is 0.390. The second-order valence-electron chi connectivity index (χ2n) is 12.3. The Kier molecular flexibility index (Phi) is 11.3. The molecule has 5 heteroatoms. The predicted octanol–water partition coefficient (Wildman–Crippen LogP) is 7.33. The molecule has 0 aliphatic heterocycles. The van der Waals surface area contributed by atoms with Gasteiger partial charge in [-0.15, -0.1) is 0 Å². The molecule has 4 rings (SSSR count). The third kappa shape index (κ3) is 8.38. The van der Waals surface area contributed by atoms with Gasteiger partial charge in [-0.3, -0.25) is 0 Å². The summed E-state index contributed by atoms with van der Waals surface area (Å²) in [5, 5.41) is 0. The summed E-state index contributed by atoms with van der Waals surface area (Å²) in [6.45, 7) is 12.5. The number of carbonyl (C=O) groups excluding carboxylic acids is 2. The molecule has 0 saturated carbocycles. The Hall–Kier alpha value is -3.38. The van der Waals surface area contributed by atoms with E-state index < -0.39 is 43.0 Å². The maximum absolute atomic E-state index is 14.0. The van der Waals surface area contributed by atoms with E-state index >= 15 is 0 Å². The van der Waals surface area contributed by atoms with Crippen molar-refractivity contribution in [1.82, 2.24) is 0 Å². The standard InChI is InChI=1S/2C13H18O2.2C6H5.Sn/c2*1-9(2)8-11-4-6-12(7-5-11)10(3)13(14)15;2*1-2-4-6-5-3-1;/h2*4-7,9-10H,8H2,1-3H3,(H,14,15);2*1-5H;/q;;;;+2/p-2. The average Bonchev–Trinajstić information content (AvgIpc) is 3.01. The van der Waals surface area contributed by atoms with Crippen LogP contribution in [-0.4, -0.2) is 31.1 Å². The van der Waals surface area contributed by atoms with Crippen LogP contribution in [0.4, 0.5) is 0 Å². The summed E-state index contributed by atoms with van der Waals surface area (Å²) in [4.78, 5) is 27.9. The first-order chi connectivity index (χ1) is 20.6. The quantitative estimate of drug-likeness (QED) is 0.147. The van der Waals surface area contributed by atoms with Crippen molar-refractivity contribution in [2.24, 2.45) is 11.8 Å². The molecule has 0 aliphatic carbocycles. The molecular formula is C38H44O4Sn. The van der Waals surface area contributed by atoms with E-state index in [0.29, 0.717) is 11.8 Å². The van der Waals surface area contributed by atoms with E-state index in [0.717, 1.165) is 31.1 Å². The van der Waals surface area contributed by atoms with Crippen molar-refractivity contribution in [2.75, 3.05) is 0 Å². The van der Waals surface area contributed by atoms with Crippen molar-refractivity contribution in [2.45, 2.75) is 66.2 Å². The summed E-state index contributed by atoms with van der Waals surface area (Å²) >= 11 is -4.88. The molecular weight excluding hydrogens is 639 g/mol. The molecule has 4 aromatic rings. The fourth-order valence-corrected chi connectivity index (χ4v) is 13.9. The summed E-state index contributed by atoms with van der Waals surface area (Å²) in [5.41, 5.74) is 4.23. The molecule has 4 aromatic carbocycles. The predicted molar refractivity (Wildman–Crippen MR) is 177 cm³/mol. The van der Waals surface area contributed by atoms with Crippen LogP contribution in [0.5, 0.6) is 0 Å². The van der Waals surface area contributed by atoms with Gasteiger partial charge in [0.05, 0.1) is 0 Å².